The average Bonchev–Trinajstić information content (AvgIpc) is 3.23. The van der Waals surface area contributed by atoms with Crippen LogP contribution in [0.3, 0.4) is 0 Å². The molecule has 0 spiro atoms. The first-order valence-corrected chi connectivity index (χ1v) is 11.5. The summed E-state index contributed by atoms with van der Waals surface area (Å²) < 4.78 is 1.87. The first kappa shape index (κ1) is 21.6. The van der Waals surface area contributed by atoms with Crippen LogP contribution in [0.1, 0.15) is 37.1 Å². The van der Waals surface area contributed by atoms with E-state index in [4.69, 9.17) is 0 Å². The van der Waals surface area contributed by atoms with Crippen molar-refractivity contribution in [3.63, 3.8) is 0 Å². The molecule has 156 valence electrons. The number of carbonyl (C=O) groups excluding carboxylic acids is 1. The summed E-state index contributed by atoms with van der Waals surface area (Å²) in [4.78, 5) is 30.7. The van der Waals surface area contributed by atoms with Gasteiger partial charge < -0.3 is 10.2 Å². The molecular weight excluding hydrogens is 384 g/mol. The zero-order valence-electron chi connectivity index (χ0n) is 17.4. The van der Waals surface area contributed by atoms with Gasteiger partial charge in [0.15, 0.2) is 0 Å². The molecule has 0 radical (unpaired) electrons. The van der Waals surface area contributed by atoms with Crippen molar-refractivity contribution < 1.29 is 9.69 Å². The van der Waals surface area contributed by atoms with Crippen LogP contribution in [0.2, 0.25) is 0 Å². The number of quaternary nitrogens is 1. The molecule has 1 aliphatic rings. The fourth-order valence-corrected chi connectivity index (χ4v) is 4.70. The van der Waals surface area contributed by atoms with Crippen molar-refractivity contribution in [2.75, 3.05) is 25.4 Å². The zero-order chi connectivity index (χ0) is 20.6. The Bertz CT molecular complexity index is 878. The fraction of sp³-hybridized carbons (Fsp3) is 0.500. The van der Waals surface area contributed by atoms with E-state index in [2.05, 4.69) is 24.1 Å². The standard InChI is InChI=1S/C22H30N4O2S/c1-3-25(4-2)13-14-26-19-12-8-11-18(19)21(24-22(26)28)29-16-20(27)23-15-17-9-6-5-7-10-17/h5-7,9-10H,3-4,8,11-16H2,1-2H3,(H,23,27)/p+1. The van der Waals surface area contributed by atoms with E-state index in [1.807, 2.05) is 34.9 Å². The minimum Gasteiger partial charge on any atom is -0.351 e. The predicted octanol–water partition coefficient (Wildman–Crippen LogP) is 1.07. The molecule has 7 heteroatoms. The Kier molecular flexibility index (Phi) is 7.89. The van der Waals surface area contributed by atoms with Gasteiger partial charge in [-0.3, -0.25) is 9.36 Å². The van der Waals surface area contributed by atoms with E-state index >= 15 is 0 Å². The number of nitrogens with zero attached hydrogens (tertiary/aromatic N) is 2. The lowest BCUT2D eigenvalue weighted by molar-refractivity contribution is -0.897. The van der Waals surface area contributed by atoms with Crippen molar-refractivity contribution in [3.8, 4) is 0 Å². The Labute approximate surface area is 176 Å². The molecule has 1 aliphatic carbocycles. The summed E-state index contributed by atoms with van der Waals surface area (Å²) in [6, 6.07) is 9.85. The van der Waals surface area contributed by atoms with Gasteiger partial charge in [0.25, 0.3) is 0 Å². The number of aromatic nitrogens is 2. The maximum atomic E-state index is 12.7. The number of likely N-dealkylation sites (N-methyl/N-ethyl adjacent to an activating group) is 1. The number of thioether (sulfide) groups is 1. The SMILES string of the molecule is CC[NH+](CC)CCn1c2c(c(SCC(=O)NCc3ccccc3)nc1=O)CCC2. The second-order valence-corrected chi connectivity index (χ2v) is 8.35. The first-order chi connectivity index (χ1) is 14.1. The highest BCUT2D eigenvalue weighted by molar-refractivity contribution is 7.99. The highest BCUT2D eigenvalue weighted by atomic mass is 32.2. The number of rotatable bonds is 10. The molecular formula is C22H31N4O2S+. The molecule has 0 saturated heterocycles. The largest absolute Gasteiger partial charge is 0.351 e. The number of hydrogen-bond donors (Lipinski definition) is 2. The van der Waals surface area contributed by atoms with E-state index in [9.17, 15) is 9.59 Å². The summed E-state index contributed by atoms with van der Waals surface area (Å²) in [5, 5.41) is 3.67. The molecule has 0 fully saturated rings. The maximum Gasteiger partial charge on any atom is 0.349 e. The third-order valence-corrected chi connectivity index (χ3v) is 6.58. The van der Waals surface area contributed by atoms with E-state index in [1.54, 1.807) is 0 Å². The fourth-order valence-electron chi connectivity index (χ4n) is 3.79. The second kappa shape index (κ2) is 10.6. The van der Waals surface area contributed by atoms with Gasteiger partial charge in [0.05, 0.1) is 31.9 Å². The molecule has 29 heavy (non-hydrogen) atoms. The molecule has 3 rings (SSSR count). The van der Waals surface area contributed by atoms with E-state index in [0.717, 1.165) is 55.2 Å². The Morgan fingerprint density at radius 2 is 1.97 bits per heavy atom. The van der Waals surface area contributed by atoms with Gasteiger partial charge in [-0.2, -0.15) is 4.98 Å². The van der Waals surface area contributed by atoms with Crippen LogP contribution >= 0.6 is 11.8 Å². The van der Waals surface area contributed by atoms with Gasteiger partial charge in [-0.1, -0.05) is 42.1 Å². The maximum absolute atomic E-state index is 12.7. The topological polar surface area (TPSA) is 68.4 Å². The van der Waals surface area contributed by atoms with Crippen molar-refractivity contribution in [3.05, 3.63) is 57.6 Å². The van der Waals surface area contributed by atoms with Crippen molar-refractivity contribution in [2.45, 2.75) is 51.2 Å². The van der Waals surface area contributed by atoms with E-state index in [1.165, 1.54) is 22.2 Å². The van der Waals surface area contributed by atoms with Crippen LogP contribution in [0.4, 0.5) is 0 Å². The molecule has 0 saturated carbocycles. The second-order valence-electron chi connectivity index (χ2n) is 7.39. The van der Waals surface area contributed by atoms with Crippen molar-refractivity contribution in [2.24, 2.45) is 0 Å². The number of carbonyl (C=O) groups is 1. The summed E-state index contributed by atoms with van der Waals surface area (Å²) >= 11 is 1.38. The number of nitrogens with one attached hydrogen (secondary N) is 2. The minimum absolute atomic E-state index is 0.0401. The van der Waals surface area contributed by atoms with E-state index in [0.29, 0.717) is 13.1 Å². The number of fused-ring (bicyclic) bond motifs is 1. The van der Waals surface area contributed by atoms with Crippen LogP contribution in [0.25, 0.3) is 0 Å². The predicted molar refractivity (Wildman–Crippen MR) is 116 cm³/mol. The molecule has 1 amide bonds. The number of hydrogen-bond acceptors (Lipinski definition) is 4. The van der Waals surface area contributed by atoms with Gasteiger partial charge in [0.2, 0.25) is 5.91 Å². The monoisotopic (exact) mass is 415 g/mol. The van der Waals surface area contributed by atoms with Crippen LogP contribution in [-0.2, 0) is 30.7 Å². The molecule has 2 aromatic rings. The van der Waals surface area contributed by atoms with Crippen molar-refractivity contribution in [1.82, 2.24) is 14.9 Å². The molecule has 1 aromatic heterocycles. The molecule has 0 unspecified atom stereocenters. The van der Waals surface area contributed by atoms with Crippen LogP contribution in [-0.4, -0.2) is 40.8 Å². The molecule has 6 nitrogen and oxygen atoms in total. The minimum atomic E-state index is -0.176. The smallest absolute Gasteiger partial charge is 0.349 e. The summed E-state index contributed by atoms with van der Waals surface area (Å²) in [6.07, 6.45) is 2.91. The highest BCUT2D eigenvalue weighted by Gasteiger charge is 2.23. The number of benzene rings is 1. The summed E-state index contributed by atoms with van der Waals surface area (Å²) in [6.45, 7) is 8.64. The lowest BCUT2D eigenvalue weighted by Gasteiger charge is -2.18. The summed E-state index contributed by atoms with van der Waals surface area (Å²) in [5.74, 6) is 0.237. The summed E-state index contributed by atoms with van der Waals surface area (Å²) in [7, 11) is 0. The van der Waals surface area contributed by atoms with E-state index < -0.39 is 0 Å². The van der Waals surface area contributed by atoms with Gasteiger partial charge in [-0.15, -0.1) is 0 Å². The highest BCUT2D eigenvalue weighted by Crippen LogP contribution is 2.28. The lowest BCUT2D eigenvalue weighted by Crippen LogP contribution is -3.11. The summed E-state index contributed by atoms with van der Waals surface area (Å²) in [5.41, 5.74) is 3.19. The van der Waals surface area contributed by atoms with Gasteiger partial charge in [0.1, 0.15) is 5.03 Å². The van der Waals surface area contributed by atoms with Crippen LogP contribution in [0.5, 0.6) is 0 Å². The lowest BCUT2D eigenvalue weighted by atomic mass is 10.2. The molecule has 1 heterocycles. The quantitative estimate of drug-likeness (QED) is 0.450. The van der Waals surface area contributed by atoms with Gasteiger partial charge in [0, 0.05) is 17.8 Å². The van der Waals surface area contributed by atoms with Crippen LogP contribution in [0.15, 0.2) is 40.2 Å². The Balaban J connectivity index is 1.63. The Morgan fingerprint density at radius 1 is 1.21 bits per heavy atom. The molecule has 2 N–H and O–H groups in total. The van der Waals surface area contributed by atoms with Crippen LogP contribution < -0.4 is 15.9 Å². The third-order valence-electron chi connectivity index (χ3n) is 5.56. The zero-order valence-corrected chi connectivity index (χ0v) is 18.2. The molecule has 0 bridgehead atoms. The van der Waals surface area contributed by atoms with Gasteiger partial charge in [-0.25, -0.2) is 4.79 Å². The Hall–Kier alpha value is -2.12. The Morgan fingerprint density at radius 3 is 2.69 bits per heavy atom. The molecule has 0 atom stereocenters. The van der Waals surface area contributed by atoms with Crippen molar-refractivity contribution >= 4 is 17.7 Å². The number of amides is 1. The van der Waals surface area contributed by atoms with E-state index in [-0.39, 0.29) is 17.3 Å². The molecule has 0 aliphatic heterocycles. The van der Waals surface area contributed by atoms with Gasteiger partial charge >= 0.3 is 5.69 Å². The van der Waals surface area contributed by atoms with Crippen LogP contribution in [0, 0.1) is 0 Å². The normalized spacial score (nSPS) is 12.9. The molecule has 1 aromatic carbocycles. The average molecular weight is 416 g/mol. The third kappa shape index (κ3) is 5.70. The van der Waals surface area contributed by atoms with Crippen molar-refractivity contribution in [1.29, 1.82) is 0 Å². The first-order valence-electron chi connectivity index (χ1n) is 10.5. The van der Waals surface area contributed by atoms with Gasteiger partial charge in [-0.05, 0) is 38.7 Å².